The maximum absolute atomic E-state index is 12.4. The quantitative estimate of drug-likeness (QED) is 0.718. The Bertz CT molecular complexity index is 405. The number of ether oxygens (including phenoxy) is 1. The predicted molar refractivity (Wildman–Crippen MR) is 86.9 cm³/mol. The monoisotopic (exact) mass is 320 g/mol. The van der Waals surface area contributed by atoms with E-state index < -0.39 is 15.3 Å². The van der Waals surface area contributed by atoms with Gasteiger partial charge in [0.1, 0.15) is 0 Å². The van der Waals surface area contributed by atoms with Crippen LogP contribution in [0.15, 0.2) is 0 Å². The molecular weight excluding hydrogens is 288 g/mol. The second kappa shape index (κ2) is 7.90. The highest BCUT2D eigenvalue weighted by molar-refractivity contribution is 7.90. The summed E-state index contributed by atoms with van der Waals surface area (Å²) >= 11 is 0. The molecule has 0 saturated carbocycles. The van der Waals surface area contributed by atoms with Crippen molar-refractivity contribution in [2.45, 2.75) is 83.2 Å². The molecule has 0 aromatic heterocycles. The van der Waals surface area contributed by atoms with Crippen molar-refractivity contribution >= 4 is 10.0 Å². The van der Waals surface area contributed by atoms with Crippen LogP contribution in [0, 0.1) is 0 Å². The van der Waals surface area contributed by atoms with E-state index in [1.165, 1.54) is 0 Å². The lowest BCUT2D eigenvalue weighted by atomic mass is 9.86. The van der Waals surface area contributed by atoms with Crippen LogP contribution in [0.1, 0.15) is 60.3 Å². The van der Waals surface area contributed by atoms with Crippen LogP contribution < -0.4 is 10.0 Å². The molecule has 0 aromatic carbocycles. The fourth-order valence-corrected chi connectivity index (χ4v) is 3.94. The van der Waals surface area contributed by atoms with Gasteiger partial charge in [-0.15, -0.1) is 0 Å². The first kappa shape index (κ1) is 18.9. The van der Waals surface area contributed by atoms with Crippen molar-refractivity contribution in [2.75, 3.05) is 13.2 Å². The van der Waals surface area contributed by atoms with Crippen molar-refractivity contribution < 1.29 is 13.2 Å². The third-order valence-electron chi connectivity index (χ3n) is 4.46. The molecule has 0 bridgehead atoms. The molecule has 1 heterocycles. The minimum Gasteiger partial charge on any atom is -0.375 e. The number of rotatable bonds is 8. The van der Waals surface area contributed by atoms with Crippen molar-refractivity contribution in [3.8, 4) is 0 Å². The van der Waals surface area contributed by atoms with E-state index in [4.69, 9.17) is 4.74 Å². The Hall–Kier alpha value is -0.170. The molecule has 21 heavy (non-hydrogen) atoms. The molecule has 2 unspecified atom stereocenters. The molecule has 2 N–H and O–H groups in total. The number of hydrogen-bond donors (Lipinski definition) is 2. The highest BCUT2D eigenvalue weighted by Crippen LogP contribution is 2.31. The lowest BCUT2D eigenvalue weighted by Crippen LogP contribution is -2.51. The van der Waals surface area contributed by atoms with Crippen LogP contribution in [0.3, 0.4) is 0 Å². The zero-order valence-electron chi connectivity index (χ0n) is 14.1. The molecule has 0 aliphatic carbocycles. The minimum atomic E-state index is -3.29. The molecule has 0 spiro atoms. The lowest BCUT2D eigenvalue weighted by molar-refractivity contribution is -0.0905. The van der Waals surface area contributed by atoms with Crippen LogP contribution in [0.4, 0.5) is 0 Å². The smallest absolute Gasteiger partial charge is 0.215 e. The number of nitrogens with one attached hydrogen (secondary N) is 2. The van der Waals surface area contributed by atoms with Gasteiger partial charge in [0.25, 0.3) is 0 Å². The Morgan fingerprint density at radius 2 is 1.86 bits per heavy atom. The highest BCUT2D eigenvalue weighted by atomic mass is 32.2. The second-order valence-electron chi connectivity index (χ2n) is 6.46. The Labute approximate surface area is 130 Å². The molecule has 126 valence electrons. The number of sulfonamides is 1. The van der Waals surface area contributed by atoms with Gasteiger partial charge >= 0.3 is 0 Å². The molecule has 1 fully saturated rings. The molecule has 1 saturated heterocycles. The van der Waals surface area contributed by atoms with Crippen LogP contribution in [-0.2, 0) is 14.8 Å². The van der Waals surface area contributed by atoms with Gasteiger partial charge in [0.15, 0.2) is 0 Å². The predicted octanol–water partition coefficient (Wildman–Crippen LogP) is 2.03. The Morgan fingerprint density at radius 3 is 2.38 bits per heavy atom. The molecule has 5 nitrogen and oxygen atoms in total. The topological polar surface area (TPSA) is 67.4 Å². The van der Waals surface area contributed by atoms with Crippen molar-refractivity contribution in [3.05, 3.63) is 0 Å². The summed E-state index contributed by atoms with van der Waals surface area (Å²) in [6.07, 6.45) is 3.37. The van der Waals surface area contributed by atoms with Gasteiger partial charge in [0, 0.05) is 25.2 Å². The van der Waals surface area contributed by atoms with Crippen LogP contribution in [0.25, 0.3) is 0 Å². The molecule has 2 atom stereocenters. The summed E-state index contributed by atoms with van der Waals surface area (Å²) in [5, 5.41) is 2.75. The van der Waals surface area contributed by atoms with Crippen molar-refractivity contribution in [1.29, 1.82) is 0 Å². The largest absolute Gasteiger partial charge is 0.375 e. The first-order valence-electron chi connectivity index (χ1n) is 8.13. The van der Waals surface area contributed by atoms with Crippen LogP contribution in [-0.4, -0.2) is 44.5 Å². The van der Waals surface area contributed by atoms with E-state index in [2.05, 4.69) is 23.9 Å². The fourth-order valence-electron chi connectivity index (χ4n) is 2.73. The average molecular weight is 320 g/mol. The van der Waals surface area contributed by atoms with E-state index >= 15 is 0 Å². The van der Waals surface area contributed by atoms with Crippen molar-refractivity contribution in [3.63, 3.8) is 0 Å². The number of hydrogen-bond acceptors (Lipinski definition) is 4. The van der Waals surface area contributed by atoms with E-state index in [1.807, 2.05) is 13.8 Å². The Kier molecular flexibility index (Phi) is 7.10. The minimum absolute atomic E-state index is 0.00912. The maximum atomic E-state index is 12.4. The van der Waals surface area contributed by atoms with E-state index in [9.17, 15) is 8.42 Å². The summed E-state index contributed by atoms with van der Waals surface area (Å²) in [6.45, 7) is 11.1. The zero-order valence-corrected chi connectivity index (χ0v) is 14.9. The van der Waals surface area contributed by atoms with E-state index in [0.717, 1.165) is 25.7 Å². The molecule has 0 amide bonds. The van der Waals surface area contributed by atoms with E-state index in [1.54, 1.807) is 6.92 Å². The lowest BCUT2D eigenvalue weighted by Gasteiger charge is -2.40. The van der Waals surface area contributed by atoms with Gasteiger partial charge in [-0.05, 0) is 32.6 Å². The van der Waals surface area contributed by atoms with Crippen LogP contribution in [0.2, 0.25) is 0 Å². The summed E-state index contributed by atoms with van der Waals surface area (Å²) in [5.74, 6) is 0. The third kappa shape index (κ3) is 5.51. The SMILES string of the molecule is CCC1(CC)CC(NS(=O)(=O)C(C)CNC(C)C)CCO1. The van der Waals surface area contributed by atoms with E-state index in [0.29, 0.717) is 19.2 Å². The summed E-state index contributed by atoms with van der Waals surface area (Å²) in [5.41, 5.74) is -0.162. The molecule has 1 aliphatic rings. The van der Waals surface area contributed by atoms with Gasteiger partial charge in [-0.25, -0.2) is 13.1 Å². The highest BCUT2D eigenvalue weighted by Gasteiger charge is 2.36. The van der Waals surface area contributed by atoms with Gasteiger partial charge < -0.3 is 10.1 Å². The molecule has 0 radical (unpaired) electrons. The summed E-state index contributed by atoms with van der Waals surface area (Å²) < 4.78 is 33.6. The van der Waals surface area contributed by atoms with Crippen LogP contribution in [0.5, 0.6) is 0 Å². The zero-order chi connectivity index (χ0) is 16.1. The van der Waals surface area contributed by atoms with Crippen molar-refractivity contribution in [2.24, 2.45) is 0 Å². The van der Waals surface area contributed by atoms with Gasteiger partial charge in [0.05, 0.1) is 10.9 Å². The van der Waals surface area contributed by atoms with Gasteiger partial charge in [-0.3, -0.25) is 0 Å². The Balaban J connectivity index is 2.62. The molecule has 1 aliphatic heterocycles. The average Bonchev–Trinajstić information content (AvgIpc) is 2.44. The first-order chi connectivity index (χ1) is 9.74. The standard InChI is InChI=1S/C15H32N2O3S/c1-6-15(7-2)10-14(8-9-20-15)17-21(18,19)13(5)11-16-12(3)4/h12-14,16-17H,6-11H2,1-5H3. The first-order valence-corrected chi connectivity index (χ1v) is 9.67. The third-order valence-corrected chi connectivity index (χ3v) is 6.34. The molecular formula is C15H32N2O3S. The maximum Gasteiger partial charge on any atom is 0.215 e. The van der Waals surface area contributed by atoms with Crippen LogP contribution >= 0.6 is 0 Å². The summed E-state index contributed by atoms with van der Waals surface area (Å²) in [7, 11) is -3.29. The second-order valence-corrected chi connectivity index (χ2v) is 8.60. The molecule has 1 rings (SSSR count). The molecule has 6 heteroatoms. The fraction of sp³-hybridized carbons (Fsp3) is 1.00. The van der Waals surface area contributed by atoms with Gasteiger partial charge in [-0.2, -0.15) is 0 Å². The van der Waals surface area contributed by atoms with Gasteiger partial charge in [0.2, 0.25) is 10.0 Å². The molecule has 0 aromatic rings. The van der Waals surface area contributed by atoms with Crippen molar-refractivity contribution in [1.82, 2.24) is 10.0 Å². The van der Waals surface area contributed by atoms with E-state index in [-0.39, 0.29) is 11.6 Å². The summed E-state index contributed by atoms with van der Waals surface area (Å²) in [4.78, 5) is 0. The summed E-state index contributed by atoms with van der Waals surface area (Å²) in [6, 6.07) is 0.281. The van der Waals surface area contributed by atoms with Gasteiger partial charge in [-0.1, -0.05) is 27.7 Å². The Morgan fingerprint density at radius 1 is 1.24 bits per heavy atom. The normalized spacial score (nSPS) is 24.2.